The summed E-state index contributed by atoms with van der Waals surface area (Å²) in [6.45, 7) is 3.09. The number of anilines is 2. The number of unbranched alkanes of at least 4 members (excludes halogenated alkanes) is 2. The fourth-order valence-corrected chi connectivity index (χ4v) is 1.63. The van der Waals surface area contributed by atoms with Gasteiger partial charge in [0.1, 0.15) is 16.6 Å². The Morgan fingerprint density at radius 2 is 2.07 bits per heavy atom. The first-order valence-corrected chi connectivity index (χ1v) is 5.79. The number of hydrogen-bond donors (Lipinski definition) is 3. The molecule has 0 aliphatic heterocycles. The van der Waals surface area contributed by atoms with Gasteiger partial charge in [-0.1, -0.05) is 19.8 Å². The van der Waals surface area contributed by atoms with Crippen LogP contribution in [0.5, 0.6) is 0 Å². The first-order valence-electron chi connectivity index (χ1n) is 5.00. The van der Waals surface area contributed by atoms with Crippen LogP contribution in [0.4, 0.5) is 11.6 Å². The molecule has 5 nitrogen and oxygen atoms in total. The second-order valence-corrected chi connectivity index (χ2v) is 3.96. The average molecular weight is 274 g/mol. The summed E-state index contributed by atoms with van der Waals surface area (Å²) in [7, 11) is 0. The highest BCUT2D eigenvalue weighted by molar-refractivity contribution is 9.10. The van der Waals surface area contributed by atoms with Crippen molar-refractivity contribution < 1.29 is 0 Å². The second-order valence-electron chi connectivity index (χ2n) is 3.16. The van der Waals surface area contributed by atoms with Crippen molar-refractivity contribution in [2.75, 3.05) is 17.3 Å². The second kappa shape index (κ2) is 6.58. The zero-order valence-electron chi connectivity index (χ0n) is 8.76. The number of nitrogen functional groups attached to an aromatic ring is 1. The summed E-state index contributed by atoms with van der Waals surface area (Å²) in [6.07, 6.45) is 5.04. The molecule has 6 heteroatoms. The highest BCUT2D eigenvalue weighted by Crippen LogP contribution is 2.25. The van der Waals surface area contributed by atoms with Gasteiger partial charge in [0.2, 0.25) is 0 Å². The monoisotopic (exact) mass is 273 g/mol. The lowest BCUT2D eigenvalue weighted by Crippen LogP contribution is -2.11. The Hall–Kier alpha value is -0.880. The van der Waals surface area contributed by atoms with Gasteiger partial charge in [0, 0.05) is 6.54 Å². The molecule has 0 aliphatic rings. The molecule has 0 unspecified atom stereocenters. The van der Waals surface area contributed by atoms with Crippen molar-refractivity contribution in [3.8, 4) is 0 Å². The van der Waals surface area contributed by atoms with E-state index in [1.54, 1.807) is 0 Å². The molecule has 1 aromatic heterocycles. The number of nitrogens with two attached hydrogens (primary N) is 1. The number of halogens is 1. The van der Waals surface area contributed by atoms with Crippen molar-refractivity contribution in [3.63, 3.8) is 0 Å². The van der Waals surface area contributed by atoms with E-state index in [1.165, 1.54) is 19.2 Å². The fraction of sp³-hybridized carbons (Fsp3) is 0.556. The fourth-order valence-electron chi connectivity index (χ4n) is 1.18. The average Bonchev–Trinajstić information content (AvgIpc) is 2.26. The van der Waals surface area contributed by atoms with Gasteiger partial charge in [0.25, 0.3) is 0 Å². The number of nitrogens with zero attached hydrogens (tertiary/aromatic N) is 2. The summed E-state index contributed by atoms with van der Waals surface area (Å²) in [5.74, 6) is 6.66. The molecule has 15 heavy (non-hydrogen) atoms. The van der Waals surface area contributed by atoms with Crippen molar-refractivity contribution in [3.05, 3.63) is 10.8 Å². The van der Waals surface area contributed by atoms with Gasteiger partial charge >= 0.3 is 0 Å². The first kappa shape index (κ1) is 12.2. The molecule has 0 fully saturated rings. The Bertz CT molecular complexity index is 305. The molecule has 0 amide bonds. The van der Waals surface area contributed by atoms with Gasteiger partial charge in [-0.15, -0.1) is 0 Å². The van der Waals surface area contributed by atoms with Crippen LogP contribution in [-0.2, 0) is 0 Å². The summed E-state index contributed by atoms with van der Waals surface area (Å²) in [4.78, 5) is 8.09. The molecule has 0 spiro atoms. The molecule has 1 heterocycles. The van der Waals surface area contributed by atoms with Crippen molar-refractivity contribution >= 4 is 27.6 Å². The molecule has 0 bridgehead atoms. The standard InChI is InChI=1S/C9H16BrN5/c1-2-3-4-5-12-8-7(10)9(15-11)14-6-13-8/h6H,2-5,11H2,1H3,(H2,12,13,14,15). The summed E-state index contributed by atoms with van der Waals surface area (Å²) >= 11 is 3.38. The molecule has 4 N–H and O–H groups in total. The molecule has 0 saturated carbocycles. The predicted octanol–water partition coefficient (Wildman–Crippen LogP) is 2.13. The van der Waals surface area contributed by atoms with E-state index < -0.39 is 0 Å². The van der Waals surface area contributed by atoms with Crippen molar-refractivity contribution in [2.24, 2.45) is 5.84 Å². The van der Waals surface area contributed by atoms with Crippen molar-refractivity contribution in [1.29, 1.82) is 0 Å². The third kappa shape index (κ3) is 3.64. The smallest absolute Gasteiger partial charge is 0.159 e. The molecule has 1 rings (SSSR count). The highest BCUT2D eigenvalue weighted by Gasteiger charge is 2.06. The van der Waals surface area contributed by atoms with Crippen LogP contribution in [0, 0.1) is 0 Å². The maximum absolute atomic E-state index is 5.30. The number of hydrogen-bond acceptors (Lipinski definition) is 5. The van der Waals surface area contributed by atoms with Crippen LogP contribution in [0.1, 0.15) is 26.2 Å². The van der Waals surface area contributed by atoms with Crippen LogP contribution >= 0.6 is 15.9 Å². The van der Waals surface area contributed by atoms with E-state index in [-0.39, 0.29) is 0 Å². The van der Waals surface area contributed by atoms with Gasteiger partial charge < -0.3 is 10.7 Å². The van der Waals surface area contributed by atoms with Gasteiger partial charge in [0.15, 0.2) is 5.82 Å². The molecule has 0 saturated heterocycles. The third-order valence-corrected chi connectivity index (χ3v) is 2.75. The summed E-state index contributed by atoms with van der Waals surface area (Å²) in [5, 5.41) is 3.23. The first-order chi connectivity index (χ1) is 7.29. The lowest BCUT2D eigenvalue weighted by Gasteiger charge is -2.09. The van der Waals surface area contributed by atoms with E-state index in [2.05, 4.69) is 43.6 Å². The maximum atomic E-state index is 5.30. The van der Waals surface area contributed by atoms with Gasteiger partial charge in [-0.3, -0.25) is 0 Å². The largest absolute Gasteiger partial charge is 0.369 e. The lowest BCUT2D eigenvalue weighted by molar-refractivity contribution is 0.742. The Morgan fingerprint density at radius 1 is 1.33 bits per heavy atom. The van der Waals surface area contributed by atoms with Gasteiger partial charge in [-0.25, -0.2) is 15.8 Å². The van der Waals surface area contributed by atoms with E-state index in [0.717, 1.165) is 23.3 Å². The quantitative estimate of drug-likeness (QED) is 0.421. The molecule has 0 atom stereocenters. The number of nitrogens with one attached hydrogen (secondary N) is 2. The Labute approximate surface area is 98.0 Å². The normalized spacial score (nSPS) is 10.1. The van der Waals surface area contributed by atoms with Crippen LogP contribution in [0.3, 0.4) is 0 Å². The molecule has 84 valence electrons. The Morgan fingerprint density at radius 3 is 2.73 bits per heavy atom. The SMILES string of the molecule is CCCCCNc1ncnc(NN)c1Br. The van der Waals surface area contributed by atoms with E-state index in [1.807, 2.05) is 0 Å². The van der Waals surface area contributed by atoms with E-state index >= 15 is 0 Å². The number of hydrazine groups is 1. The minimum Gasteiger partial charge on any atom is -0.369 e. The number of aromatic nitrogens is 2. The minimum absolute atomic E-state index is 0.586. The zero-order valence-corrected chi connectivity index (χ0v) is 10.3. The van der Waals surface area contributed by atoms with E-state index in [9.17, 15) is 0 Å². The highest BCUT2D eigenvalue weighted by atomic mass is 79.9. The Balaban J connectivity index is 2.53. The van der Waals surface area contributed by atoms with Gasteiger partial charge in [0.05, 0.1) is 0 Å². The lowest BCUT2D eigenvalue weighted by atomic mass is 10.2. The maximum Gasteiger partial charge on any atom is 0.159 e. The zero-order chi connectivity index (χ0) is 11.1. The topological polar surface area (TPSA) is 75.9 Å². The summed E-state index contributed by atoms with van der Waals surface area (Å²) < 4.78 is 0.768. The molecular weight excluding hydrogens is 258 g/mol. The van der Waals surface area contributed by atoms with E-state index in [0.29, 0.717) is 5.82 Å². The van der Waals surface area contributed by atoms with Crippen LogP contribution < -0.4 is 16.6 Å². The van der Waals surface area contributed by atoms with Crippen LogP contribution in [-0.4, -0.2) is 16.5 Å². The Kier molecular flexibility index (Phi) is 5.34. The molecule has 0 radical (unpaired) electrons. The van der Waals surface area contributed by atoms with Crippen molar-refractivity contribution in [1.82, 2.24) is 9.97 Å². The summed E-state index contributed by atoms with van der Waals surface area (Å²) in [6, 6.07) is 0. The molecule has 0 aliphatic carbocycles. The van der Waals surface area contributed by atoms with Crippen molar-refractivity contribution in [2.45, 2.75) is 26.2 Å². The van der Waals surface area contributed by atoms with Crippen LogP contribution in [0.2, 0.25) is 0 Å². The van der Waals surface area contributed by atoms with Gasteiger partial charge in [-0.2, -0.15) is 0 Å². The minimum atomic E-state index is 0.586. The predicted molar refractivity (Wildman–Crippen MR) is 65.6 cm³/mol. The van der Waals surface area contributed by atoms with Crippen LogP contribution in [0.15, 0.2) is 10.8 Å². The summed E-state index contributed by atoms with van der Waals surface area (Å²) in [5.41, 5.74) is 2.50. The molecule has 1 aromatic rings. The van der Waals surface area contributed by atoms with E-state index in [4.69, 9.17) is 5.84 Å². The molecule has 0 aromatic carbocycles. The van der Waals surface area contributed by atoms with Gasteiger partial charge in [-0.05, 0) is 22.4 Å². The van der Waals surface area contributed by atoms with Crippen LogP contribution in [0.25, 0.3) is 0 Å². The molecular formula is C9H16BrN5. The third-order valence-electron chi connectivity index (χ3n) is 2.00. The number of rotatable bonds is 6.